The lowest BCUT2D eigenvalue weighted by Crippen LogP contribution is -2.34. The van der Waals surface area contributed by atoms with Crippen molar-refractivity contribution < 1.29 is 19.4 Å². The summed E-state index contributed by atoms with van der Waals surface area (Å²) in [6, 6.07) is 10.1. The molecule has 2 N–H and O–H groups in total. The molecule has 1 aromatic rings. The smallest absolute Gasteiger partial charge is 0.290 e. The molecule has 0 aromatic heterocycles. The van der Waals surface area contributed by atoms with Crippen LogP contribution in [0.2, 0.25) is 0 Å². The largest absolute Gasteiger partial charge is 0.483 e. The van der Waals surface area contributed by atoms with Gasteiger partial charge < -0.3 is 15.2 Å². The first-order valence-corrected chi connectivity index (χ1v) is 5.70. The number of likely N-dealkylation sites (N-methyl/N-ethyl adjacent to an activating group) is 1. The van der Waals surface area contributed by atoms with Crippen LogP contribution in [0.25, 0.3) is 0 Å². The van der Waals surface area contributed by atoms with Crippen LogP contribution in [0.15, 0.2) is 30.3 Å². The standard InChI is InChI=1S/C12H15NO2.CH2O2/c1-13-12(14)11-10(7-8-15-11)9-5-3-2-4-6-9;2-1-3/h2-6,10-11H,7-8H2,1H3,(H,13,14);1H,(H,2,3). The second-order valence-corrected chi connectivity index (χ2v) is 3.82. The summed E-state index contributed by atoms with van der Waals surface area (Å²) >= 11 is 0. The van der Waals surface area contributed by atoms with Gasteiger partial charge in [0.05, 0.1) is 0 Å². The summed E-state index contributed by atoms with van der Waals surface area (Å²) in [5.41, 5.74) is 1.18. The van der Waals surface area contributed by atoms with Gasteiger partial charge in [0.25, 0.3) is 6.47 Å². The number of ether oxygens (including phenoxy) is 1. The molecule has 0 radical (unpaired) electrons. The Labute approximate surface area is 106 Å². The quantitative estimate of drug-likeness (QED) is 0.769. The van der Waals surface area contributed by atoms with Gasteiger partial charge in [0.2, 0.25) is 5.91 Å². The summed E-state index contributed by atoms with van der Waals surface area (Å²) in [6.07, 6.45) is 0.597. The van der Waals surface area contributed by atoms with Gasteiger partial charge >= 0.3 is 0 Å². The molecule has 2 rings (SSSR count). The molecule has 0 saturated carbocycles. The molecule has 1 amide bonds. The molecule has 98 valence electrons. The molecule has 2 unspecified atom stereocenters. The van der Waals surface area contributed by atoms with Gasteiger partial charge in [-0.05, 0) is 12.0 Å². The van der Waals surface area contributed by atoms with Crippen LogP contribution in [0.4, 0.5) is 0 Å². The minimum atomic E-state index is -0.322. The van der Waals surface area contributed by atoms with Crippen LogP contribution in [-0.2, 0) is 14.3 Å². The number of rotatable bonds is 2. The Morgan fingerprint density at radius 1 is 1.44 bits per heavy atom. The number of hydrogen-bond acceptors (Lipinski definition) is 3. The fraction of sp³-hybridized carbons (Fsp3) is 0.385. The molecule has 0 spiro atoms. The third-order valence-corrected chi connectivity index (χ3v) is 2.82. The van der Waals surface area contributed by atoms with Crippen molar-refractivity contribution in [3.8, 4) is 0 Å². The summed E-state index contributed by atoms with van der Waals surface area (Å²) in [7, 11) is 1.64. The maximum Gasteiger partial charge on any atom is 0.290 e. The highest BCUT2D eigenvalue weighted by molar-refractivity contribution is 5.82. The summed E-state index contributed by atoms with van der Waals surface area (Å²) in [5.74, 6) is 0.174. The van der Waals surface area contributed by atoms with E-state index < -0.39 is 0 Å². The van der Waals surface area contributed by atoms with Gasteiger partial charge in [0.1, 0.15) is 6.10 Å². The highest BCUT2D eigenvalue weighted by Crippen LogP contribution is 2.31. The minimum absolute atomic E-state index is 0.0265. The average Bonchev–Trinajstić information content (AvgIpc) is 2.89. The van der Waals surface area contributed by atoms with E-state index in [1.807, 2.05) is 18.2 Å². The Hall–Kier alpha value is -1.88. The normalized spacial score (nSPS) is 21.6. The van der Waals surface area contributed by atoms with Crippen molar-refractivity contribution in [2.75, 3.05) is 13.7 Å². The molecular weight excluding hydrogens is 234 g/mol. The summed E-state index contributed by atoms with van der Waals surface area (Å²) in [5, 5.41) is 9.53. The summed E-state index contributed by atoms with van der Waals surface area (Å²) < 4.78 is 5.46. The molecule has 0 aliphatic carbocycles. The lowest BCUT2D eigenvalue weighted by atomic mass is 9.92. The van der Waals surface area contributed by atoms with E-state index in [2.05, 4.69) is 17.4 Å². The first-order chi connectivity index (χ1) is 8.74. The number of nitrogens with one attached hydrogen (secondary N) is 1. The second-order valence-electron chi connectivity index (χ2n) is 3.82. The lowest BCUT2D eigenvalue weighted by molar-refractivity contribution is -0.130. The monoisotopic (exact) mass is 251 g/mol. The SMILES string of the molecule is CNC(=O)C1OCCC1c1ccccc1.O=CO. The van der Waals surface area contributed by atoms with Crippen LogP contribution >= 0.6 is 0 Å². The van der Waals surface area contributed by atoms with Crippen LogP contribution in [0.3, 0.4) is 0 Å². The van der Waals surface area contributed by atoms with Gasteiger partial charge in [0, 0.05) is 19.6 Å². The van der Waals surface area contributed by atoms with Gasteiger partial charge in [-0.3, -0.25) is 9.59 Å². The highest BCUT2D eigenvalue weighted by Gasteiger charge is 2.34. The van der Waals surface area contributed by atoms with Crippen molar-refractivity contribution in [3.05, 3.63) is 35.9 Å². The van der Waals surface area contributed by atoms with E-state index in [9.17, 15) is 4.79 Å². The van der Waals surface area contributed by atoms with Crippen LogP contribution in [0.5, 0.6) is 0 Å². The van der Waals surface area contributed by atoms with E-state index in [1.54, 1.807) is 7.05 Å². The maximum atomic E-state index is 11.6. The van der Waals surface area contributed by atoms with Crippen LogP contribution in [0.1, 0.15) is 17.9 Å². The van der Waals surface area contributed by atoms with E-state index >= 15 is 0 Å². The maximum absolute atomic E-state index is 11.6. The molecule has 5 nitrogen and oxygen atoms in total. The van der Waals surface area contributed by atoms with Crippen molar-refractivity contribution in [2.24, 2.45) is 0 Å². The molecule has 2 atom stereocenters. The van der Waals surface area contributed by atoms with Crippen molar-refractivity contribution >= 4 is 12.4 Å². The third-order valence-electron chi connectivity index (χ3n) is 2.82. The number of hydrogen-bond donors (Lipinski definition) is 2. The molecule has 1 fully saturated rings. The molecule has 1 heterocycles. The Kier molecular flexibility index (Phi) is 5.87. The fourth-order valence-electron chi connectivity index (χ4n) is 2.03. The van der Waals surface area contributed by atoms with Crippen LogP contribution < -0.4 is 5.32 Å². The molecule has 5 heteroatoms. The molecule has 1 aliphatic rings. The predicted molar refractivity (Wildman–Crippen MR) is 66.3 cm³/mol. The number of benzene rings is 1. The average molecular weight is 251 g/mol. The molecular formula is C13H17NO4. The van der Waals surface area contributed by atoms with Gasteiger partial charge in [-0.2, -0.15) is 0 Å². The second kappa shape index (κ2) is 7.45. The summed E-state index contributed by atoms with van der Waals surface area (Å²) in [6.45, 7) is 0.414. The first kappa shape index (κ1) is 14.2. The van der Waals surface area contributed by atoms with Crippen LogP contribution in [0, 0.1) is 0 Å². The Morgan fingerprint density at radius 2 is 2.06 bits per heavy atom. The van der Waals surface area contributed by atoms with Crippen molar-refractivity contribution in [2.45, 2.75) is 18.4 Å². The van der Waals surface area contributed by atoms with E-state index in [0.717, 1.165) is 6.42 Å². The van der Waals surface area contributed by atoms with Crippen molar-refractivity contribution in [3.63, 3.8) is 0 Å². The number of carbonyl (C=O) groups excluding carboxylic acids is 1. The Balaban J connectivity index is 0.000000492. The molecule has 1 aromatic carbocycles. The van der Waals surface area contributed by atoms with Crippen molar-refractivity contribution in [1.82, 2.24) is 5.32 Å². The zero-order valence-electron chi connectivity index (χ0n) is 10.2. The zero-order chi connectivity index (χ0) is 13.4. The predicted octanol–water partition coefficient (Wildman–Crippen LogP) is 1.01. The van der Waals surface area contributed by atoms with E-state index in [0.29, 0.717) is 6.61 Å². The third kappa shape index (κ3) is 3.56. The first-order valence-electron chi connectivity index (χ1n) is 5.70. The van der Waals surface area contributed by atoms with E-state index in [4.69, 9.17) is 14.6 Å². The molecule has 0 bridgehead atoms. The minimum Gasteiger partial charge on any atom is -0.483 e. The lowest BCUT2D eigenvalue weighted by Gasteiger charge is -2.16. The van der Waals surface area contributed by atoms with E-state index in [1.165, 1.54) is 5.56 Å². The molecule has 1 aliphatic heterocycles. The van der Waals surface area contributed by atoms with Gasteiger partial charge in [-0.1, -0.05) is 30.3 Å². The topological polar surface area (TPSA) is 75.6 Å². The zero-order valence-corrected chi connectivity index (χ0v) is 10.2. The van der Waals surface area contributed by atoms with Crippen molar-refractivity contribution in [1.29, 1.82) is 0 Å². The van der Waals surface area contributed by atoms with Crippen LogP contribution in [-0.4, -0.2) is 37.2 Å². The molecule has 1 saturated heterocycles. The Bertz CT molecular complexity index is 380. The Morgan fingerprint density at radius 3 is 2.61 bits per heavy atom. The van der Waals surface area contributed by atoms with Gasteiger partial charge in [-0.15, -0.1) is 0 Å². The number of carbonyl (C=O) groups is 2. The number of amides is 1. The fourth-order valence-corrected chi connectivity index (χ4v) is 2.03. The highest BCUT2D eigenvalue weighted by atomic mass is 16.5. The number of carboxylic acid groups (broad SMARTS) is 1. The van der Waals surface area contributed by atoms with Gasteiger partial charge in [0.15, 0.2) is 0 Å². The summed E-state index contributed by atoms with van der Waals surface area (Å²) in [4.78, 5) is 19.9. The van der Waals surface area contributed by atoms with E-state index in [-0.39, 0.29) is 24.4 Å². The molecule has 18 heavy (non-hydrogen) atoms. The van der Waals surface area contributed by atoms with Gasteiger partial charge in [-0.25, -0.2) is 0 Å².